The van der Waals surface area contributed by atoms with E-state index in [1.165, 1.54) is 17.0 Å². The fraction of sp³-hybridized carbons (Fsp3) is 0.450. The second-order valence-electron chi connectivity index (χ2n) is 7.78. The number of rotatable bonds is 7. The average Bonchev–Trinajstić information content (AvgIpc) is 2.80. The summed E-state index contributed by atoms with van der Waals surface area (Å²) in [6.07, 6.45) is 0.382. The molecule has 2 aliphatic heterocycles. The van der Waals surface area contributed by atoms with Crippen LogP contribution in [0.5, 0.6) is 0 Å². The van der Waals surface area contributed by atoms with Crippen molar-refractivity contribution in [1.29, 1.82) is 0 Å². The van der Waals surface area contributed by atoms with E-state index in [1.807, 2.05) is 0 Å². The molecule has 2 saturated heterocycles. The van der Waals surface area contributed by atoms with E-state index in [9.17, 15) is 32.4 Å². The van der Waals surface area contributed by atoms with Gasteiger partial charge in [0.2, 0.25) is 5.91 Å². The number of likely N-dealkylation sites (N-methyl/N-ethyl adjacent to an activating group) is 1. The summed E-state index contributed by atoms with van der Waals surface area (Å²) in [6, 6.07) is 3.85. The number of urea groups is 1. The van der Waals surface area contributed by atoms with Crippen LogP contribution in [0.15, 0.2) is 30.3 Å². The number of piperazine rings is 1. The lowest BCUT2D eigenvalue weighted by atomic mass is 10.0. The Hall–Kier alpha value is -3.52. The van der Waals surface area contributed by atoms with Crippen LogP contribution in [-0.4, -0.2) is 88.5 Å². The van der Waals surface area contributed by atoms with Crippen LogP contribution in [-0.2, 0) is 29.5 Å². The summed E-state index contributed by atoms with van der Waals surface area (Å²) in [7, 11) is -4.73. The number of hydrogen-bond donors (Lipinski definition) is 3. The molecule has 6 amide bonds. The van der Waals surface area contributed by atoms with Gasteiger partial charge in [0.1, 0.15) is 12.1 Å². The van der Waals surface area contributed by atoms with Crippen molar-refractivity contribution in [2.75, 3.05) is 19.6 Å². The smallest absolute Gasteiger partial charge is 0.341 e. The first kappa shape index (κ1) is 25.1. The van der Waals surface area contributed by atoms with Gasteiger partial charge in [0.15, 0.2) is 0 Å². The lowest BCUT2D eigenvalue weighted by Crippen LogP contribution is -2.66. The van der Waals surface area contributed by atoms with Crippen molar-refractivity contribution in [2.45, 2.75) is 38.4 Å². The number of carbonyl (C=O) groups excluding carboxylic acids is 5. The molecule has 2 fully saturated rings. The van der Waals surface area contributed by atoms with Crippen molar-refractivity contribution in [3.63, 3.8) is 0 Å². The molecule has 2 aliphatic rings. The van der Waals surface area contributed by atoms with Gasteiger partial charge in [-0.25, -0.2) is 9.10 Å². The molecule has 0 aromatic heterocycles. The molecule has 0 radical (unpaired) electrons. The van der Waals surface area contributed by atoms with Crippen molar-refractivity contribution in [3.05, 3.63) is 35.9 Å². The maximum absolute atomic E-state index is 13.1. The van der Waals surface area contributed by atoms with Gasteiger partial charge in [-0.15, -0.1) is 0 Å². The average molecular weight is 496 g/mol. The lowest BCUT2D eigenvalue weighted by Gasteiger charge is -2.39. The van der Waals surface area contributed by atoms with Gasteiger partial charge in [0.05, 0.1) is 12.6 Å². The Kier molecular flexibility index (Phi) is 7.21. The minimum atomic E-state index is -4.73. The fourth-order valence-corrected chi connectivity index (χ4v) is 4.46. The van der Waals surface area contributed by atoms with Crippen molar-refractivity contribution in [2.24, 2.45) is 0 Å². The Labute approximate surface area is 195 Å². The molecule has 2 unspecified atom stereocenters. The molecule has 0 aliphatic carbocycles. The highest BCUT2D eigenvalue weighted by atomic mass is 32.2. The third-order valence-corrected chi connectivity index (χ3v) is 6.59. The number of hydrogen-bond acceptors (Lipinski definition) is 7. The standard InChI is InChI=1S/C20H25N5O8S/c1-3-13-10-23(4-2)18(28)19(29)25(13)20(30)22-15(12-8-6-5-7-9-12)16(26)21-14-11-24(17(14)27)34(31,32)33/h5-9,13-15H,3-4,10-11H2,1-2H3,(H,21,26)(H,22,30)(H,31,32,33)/t13?,14?,15-/m1/s1. The highest BCUT2D eigenvalue weighted by molar-refractivity contribution is 7.84. The molecule has 3 rings (SSSR count). The number of amides is 6. The van der Waals surface area contributed by atoms with E-state index < -0.39 is 64.6 Å². The number of nitrogens with zero attached hydrogens (tertiary/aromatic N) is 3. The molecular formula is C20H25N5O8S. The Morgan fingerprint density at radius 1 is 1.09 bits per heavy atom. The summed E-state index contributed by atoms with van der Waals surface area (Å²) in [6.45, 7) is 3.47. The first-order chi connectivity index (χ1) is 16.0. The van der Waals surface area contributed by atoms with E-state index in [0.717, 1.165) is 4.90 Å². The zero-order valence-corrected chi connectivity index (χ0v) is 19.3. The first-order valence-corrected chi connectivity index (χ1v) is 12.0. The third kappa shape index (κ3) is 4.87. The summed E-state index contributed by atoms with van der Waals surface area (Å²) < 4.78 is 31.4. The van der Waals surface area contributed by atoms with E-state index in [4.69, 9.17) is 4.55 Å². The number of β-lactam (4-membered cyclic amide) rings is 1. The Bertz CT molecular complexity index is 1110. The van der Waals surface area contributed by atoms with Gasteiger partial charge in [0, 0.05) is 13.1 Å². The maximum atomic E-state index is 13.1. The minimum Gasteiger partial charge on any atom is -0.341 e. The third-order valence-electron chi connectivity index (χ3n) is 5.71. The molecular weight excluding hydrogens is 470 g/mol. The Morgan fingerprint density at radius 2 is 1.74 bits per heavy atom. The normalized spacial score (nSPS) is 21.7. The number of benzene rings is 1. The predicted molar refractivity (Wildman–Crippen MR) is 116 cm³/mol. The van der Waals surface area contributed by atoms with Crippen LogP contribution >= 0.6 is 0 Å². The fourth-order valence-electron chi connectivity index (χ4n) is 3.77. The van der Waals surface area contributed by atoms with Crippen molar-refractivity contribution in [3.8, 4) is 0 Å². The summed E-state index contributed by atoms with van der Waals surface area (Å²) in [5.74, 6) is -3.71. The van der Waals surface area contributed by atoms with Crippen molar-refractivity contribution < 1.29 is 36.9 Å². The summed E-state index contributed by atoms with van der Waals surface area (Å²) >= 11 is 0. The summed E-state index contributed by atoms with van der Waals surface area (Å²) in [5, 5.41) is 4.79. The maximum Gasteiger partial charge on any atom is 0.362 e. The zero-order valence-electron chi connectivity index (χ0n) is 18.5. The summed E-state index contributed by atoms with van der Waals surface area (Å²) in [5.41, 5.74) is 0.325. The van der Waals surface area contributed by atoms with E-state index >= 15 is 0 Å². The highest BCUT2D eigenvalue weighted by Gasteiger charge is 2.46. The molecule has 3 N–H and O–H groups in total. The molecule has 0 bridgehead atoms. The Morgan fingerprint density at radius 3 is 2.26 bits per heavy atom. The van der Waals surface area contributed by atoms with Gasteiger partial charge in [-0.1, -0.05) is 37.3 Å². The highest BCUT2D eigenvalue weighted by Crippen LogP contribution is 2.20. The monoisotopic (exact) mass is 495 g/mol. The zero-order chi connectivity index (χ0) is 25.2. The van der Waals surface area contributed by atoms with E-state index in [2.05, 4.69) is 10.6 Å². The SMILES string of the molecule is CCC1CN(CC)C(=O)C(=O)N1C(=O)N[C@@H](C(=O)NC1CN(S(=O)(=O)O)C1=O)c1ccccc1. The van der Waals surface area contributed by atoms with Gasteiger partial charge in [-0.3, -0.25) is 28.6 Å². The van der Waals surface area contributed by atoms with E-state index in [0.29, 0.717) is 18.5 Å². The largest absolute Gasteiger partial charge is 0.362 e. The van der Waals surface area contributed by atoms with Gasteiger partial charge >= 0.3 is 28.1 Å². The van der Waals surface area contributed by atoms with Crippen LogP contribution in [0.25, 0.3) is 0 Å². The van der Waals surface area contributed by atoms with Gasteiger partial charge in [-0.2, -0.15) is 8.42 Å². The molecule has 1 aromatic rings. The van der Waals surface area contributed by atoms with Gasteiger partial charge in [0.25, 0.3) is 5.91 Å². The molecule has 13 nitrogen and oxygen atoms in total. The van der Waals surface area contributed by atoms with Crippen LogP contribution in [0, 0.1) is 0 Å². The van der Waals surface area contributed by atoms with Crippen LogP contribution in [0.4, 0.5) is 4.79 Å². The van der Waals surface area contributed by atoms with Crippen molar-refractivity contribution in [1.82, 2.24) is 24.7 Å². The number of nitrogens with one attached hydrogen (secondary N) is 2. The van der Waals surface area contributed by atoms with Crippen LogP contribution in [0.2, 0.25) is 0 Å². The quantitative estimate of drug-likeness (QED) is 0.246. The van der Waals surface area contributed by atoms with Crippen molar-refractivity contribution >= 4 is 40.0 Å². The van der Waals surface area contributed by atoms with Crippen LogP contribution in [0.1, 0.15) is 31.9 Å². The lowest BCUT2D eigenvalue weighted by molar-refractivity contribution is -0.156. The van der Waals surface area contributed by atoms with Gasteiger partial charge < -0.3 is 15.5 Å². The minimum absolute atomic E-state index is 0.162. The van der Waals surface area contributed by atoms with Gasteiger partial charge in [-0.05, 0) is 18.9 Å². The molecule has 0 saturated carbocycles. The predicted octanol–water partition coefficient (Wildman–Crippen LogP) is -0.964. The topological polar surface area (TPSA) is 173 Å². The van der Waals surface area contributed by atoms with Crippen LogP contribution in [0.3, 0.4) is 0 Å². The second-order valence-corrected chi connectivity index (χ2v) is 9.12. The molecule has 34 heavy (non-hydrogen) atoms. The Balaban J connectivity index is 1.80. The molecule has 1 aromatic carbocycles. The van der Waals surface area contributed by atoms with Crippen LogP contribution < -0.4 is 10.6 Å². The molecule has 3 atom stereocenters. The van der Waals surface area contributed by atoms with E-state index in [-0.39, 0.29) is 10.8 Å². The molecule has 184 valence electrons. The number of imide groups is 1. The molecule has 2 heterocycles. The summed E-state index contributed by atoms with van der Waals surface area (Å²) in [4.78, 5) is 65.1. The molecule has 14 heteroatoms. The second kappa shape index (κ2) is 9.77. The molecule has 0 spiro atoms. The first-order valence-electron chi connectivity index (χ1n) is 10.6. The van der Waals surface area contributed by atoms with E-state index in [1.54, 1.807) is 32.0 Å². The number of carbonyl (C=O) groups is 5.